The third-order valence-corrected chi connectivity index (χ3v) is 3.90. The van der Waals surface area contributed by atoms with Gasteiger partial charge in [-0.25, -0.2) is 0 Å². The number of benzene rings is 1. The number of rotatable bonds is 7. The zero-order valence-corrected chi connectivity index (χ0v) is 14.4. The summed E-state index contributed by atoms with van der Waals surface area (Å²) in [6.45, 7) is 4.56. The highest BCUT2D eigenvalue weighted by molar-refractivity contribution is 6.30. The number of hydrogen-bond donors (Lipinski definition) is 2. The predicted octanol–water partition coefficient (Wildman–Crippen LogP) is 3.04. The molecule has 2 N–H and O–H groups in total. The maximum absolute atomic E-state index is 11.8. The third-order valence-electron chi connectivity index (χ3n) is 3.66. The number of nitrogens with one attached hydrogen (secondary N) is 2. The van der Waals surface area contributed by atoms with Gasteiger partial charge in [0.25, 0.3) is 0 Å². The largest absolute Gasteiger partial charge is 0.489 e. The Hall–Kier alpha value is -0.970. The van der Waals surface area contributed by atoms with Gasteiger partial charge in [-0.15, -0.1) is 12.4 Å². The van der Waals surface area contributed by atoms with Gasteiger partial charge in [0.1, 0.15) is 11.9 Å². The summed E-state index contributed by atoms with van der Waals surface area (Å²) >= 11 is 5.90. The first-order valence-corrected chi connectivity index (χ1v) is 7.91. The van der Waals surface area contributed by atoms with E-state index in [1.165, 1.54) is 6.42 Å². The van der Waals surface area contributed by atoms with Crippen LogP contribution < -0.4 is 15.4 Å². The second-order valence-electron chi connectivity index (χ2n) is 5.59. The van der Waals surface area contributed by atoms with Crippen LogP contribution in [-0.2, 0) is 4.79 Å². The van der Waals surface area contributed by atoms with Crippen LogP contribution in [0.4, 0.5) is 0 Å². The average molecular weight is 347 g/mol. The van der Waals surface area contributed by atoms with Crippen molar-refractivity contribution in [2.45, 2.75) is 32.3 Å². The fourth-order valence-corrected chi connectivity index (χ4v) is 2.64. The van der Waals surface area contributed by atoms with Gasteiger partial charge in [0.05, 0.1) is 6.54 Å². The standard InChI is InChI=1S/C16H23ClN2O2.ClH/c1-12(21-15-4-2-3-14(17)9-15)10-19-16(20)6-5-13-7-8-18-11-13;/h2-4,9,12-13,18H,5-8,10-11H2,1H3,(H,19,20);1H. The highest BCUT2D eigenvalue weighted by Gasteiger charge is 2.16. The first-order chi connectivity index (χ1) is 10.1. The molecule has 2 unspecified atom stereocenters. The quantitative estimate of drug-likeness (QED) is 0.797. The maximum atomic E-state index is 11.8. The van der Waals surface area contributed by atoms with Gasteiger partial charge in [0.2, 0.25) is 5.91 Å². The summed E-state index contributed by atoms with van der Waals surface area (Å²) in [5.74, 6) is 1.47. The maximum Gasteiger partial charge on any atom is 0.220 e. The Balaban J connectivity index is 0.00000242. The summed E-state index contributed by atoms with van der Waals surface area (Å²) in [6, 6.07) is 7.28. The van der Waals surface area contributed by atoms with Crippen molar-refractivity contribution in [3.63, 3.8) is 0 Å². The topological polar surface area (TPSA) is 50.4 Å². The molecular weight excluding hydrogens is 323 g/mol. The summed E-state index contributed by atoms with van der Waals surface area (Å²) in [7, 11) is 0. The first kappa shape index (κ1) is 19.1. The Morgan fingerprint density at radius 1 is 1.55 bits per heavy atom. The van der Waals surface area contributed by atoms with E-state index < -0.39 is 0 Å². The summed E-state index contributed by atoms with van der Waals surface area (Å²) in [6.07, 6.45) is 2.65. The van der Waals surface area contributed by atoms with Gasteiger partial charge in [-0.2, -0.15) is 0 Å². The molecule has 6 heteroatoms. The lowest BCUT2D eigenvalue weighted by atomic mass is 10.0. The number of carbonyl (C=O) groups is 1. The molecular formula is C16H24Cl2N2O2. The van der Waals surface area contributed by atoms with E-state index in [1.807, 2.05) is 19.1 Å². The van der Waals surface area contributed by atoms with Crippen LogP contribution in [-0.4, -0.2) is 31.6 Å². The van der Waals surface area contributed by atoms with Gasteiger partial charge < -0.3 is 15.4 Å². The monoisotopic (exact) mass is 346 g/mol. The molecule has 1 aromatic carbocycles. The van der Waals surface area contributed by atoms with Crippen molar-refractivity contribution in [1.82, 2.24) is 10.6 Å². The van der Waals surface area contributed by atoms with Crippen LogP contribution in [0.3, 0.4) is 0 Å². The van der Waals surface area contributed by atoms with Crippen LogP contribution in [0.2, 0.25) is 5.02 Å². The molecule has 0 spiro atoms. The highest BCUT2D eigenvalue weighted by Crippen LogP contribution is 2.18. The van der Waals surface area contributed by atoms with Crippen LogP contribution >= 0.6 is 24.0 Å². The molecule has 2 atom stereocenters. The Bertz CT molecular complexity index is 465. The molecule has 0 saturated carbocycles. The molecule has 1 aliphatic heterocycles. The molecule has 124 valence electrons. The Labute approximate surface area is 143 Å². The normalized spacial score (nSPS) is 18.4. The smallest absolute Gasteiger partial charge is 0.220 e. The molecule has 1 heterocycles. The van der Waals surface area contributed by atoms with Crippen molar-refractivity contribution in [2.75, 3.05) is 19.6 Å². The molecule has 22 heavy (non-hydrogen) atoms. The number of amides is 1. The number of carbonyl (C=O) groups excluding carboxylic acids is 1. The summed E-state index contributed by atoms with van der Waals surface area (Å²) in [5, 5.41) is 6.89. The van der Waals surface area contributed by atoms with E-state index in [0.29, 0.717) is 23.9 Å². The zero-order valence-electron chi connectivity index (χ0n) is 12.8. The molecule has 0 aliphatic carbocycles. The minimum atomic E-state index is -0.0828. The second-order valence-corrected chi connectivity index (χ2v) is 6.02. The minimum absolute atomic E-state index is 0. The summed E-state index contributed by atoms with van der Waals surface area (Å²) < 4.78 is 5.71. The van der Waals surface area contributed by atoms with E-state index in [0.717, 1.165) is 25.3 Å². The molecule has 1 fully saturated rings. The zero-order chi connectivity index (χ0) is 15.1. The van der Waals surface area contributed by atoms with Gasteiger partial charge in [-0.1, -0.05) is 17.7 Å². The van der Waals surface area contributed by atoms with E-state index in [4.69, 9.17) is 16.3 Å². The second kappa shape index (κ2) is 9.93. The molecule has 0 radical (unpaired) electrons. The lowest BCUT2D eigenvalue weighted by molar-refractivity contribution is -0.121. The van der Waals surface area contributed by atoms with Crippen molar-refractivity contribution in [3.8, 4) is 5.75 Å². The predicted molar refractivity (Wildman–Crippen MR) is 92.0 cm³/mol. The van der Waals surface area contributed by atoms with Crippen LogP contribution in [0.15, 0.2) is 24.3 Å². The van der Waals surface area contributed by atoms with Crippen LogP contribution in [0.25, 0.3) is 0 Å². The Kier molecular flexibility index (Phi) is 8.61. The van der Waals surface area contributed by atoms with Crippen LogP contribution in [0.5, 0.6) is 5.75 Å². The molecule has 1 amide bonds. The lowest BCUT2D eigenvalue weighted by Crippen LogP contribution is -2.33. The van der Waals surface area contributed by atoms with E-state index in [-0.39, 0.29) is 24.4 Å². The molecule has 2 rings (SSSR count). The van der Waals surface area contributed by atoms with Gasteiger partial charge in [-0.05, 0) is 57.0 Å². The van der Waals surface area contributed by atoms with Crippen molar-refractivity contribution in [2.24, 2.45) is 5.92 Å². The van der Waals surface area contributed by atoms with Crippen molar-refractivity contribution in [3.05, 3.63) is 29.3 Å². The fraction of sp³-hybridized carbons (Fsp3) is 0.562. The van der Waals surface area contributed by atoms with Crippen molar-refractivity contribution in [1.29, 1.82) is 0 Å². The van der Waals surface area contributed by atoms with E-state index in [2.05, 4.69) is 10.6 Å². The summed E-state index contributed by atoms with van der Waals surface area (Å²) in [5.41, 5.74) is 0. The first-order valence-electron chi connectivity index (χ1n) is 7.53. The third kappa shape index (κ3) is 6.86. The molecule has 0 aromatic heterocycles. The lowest BCUT2D eigenvalue weighted by Gasteiger charge is -2.16. The number of hydrogen-bond acceptors (Lipinski definition) is 3. The van der Waals surface area contributed by atoms with Crippen molar-refractivity contribution >= 4 is 29.9 Å². The van der Waals surface area contributed by atoms with Gasteiger partial charge in [-0.3, -0.25) is 4.79 Å². The molecule has 4 nitrogen and oxygen atoms in total. The van der Waals surface area contributed by atoms with E-state index in [9.17, 15) is 4.79 Å². The van der Waals surface area contributed by atoms with Crippen molar-refractivity contribution < 1.29 is 9.53 Å². The summed E-state index contributed by atoms with van der Waals surface area (Å²) in [4.78, 5) is 11.8. The van der Waals surface area contributed by atoms with Gasteiger partial charge in [0, 0.05) is 11.4 Å². The molecule has 1 saturated heterocycles. The average Bonchev–Trinajstić information content (AvgIpc) is 2.96. The minimum Gasteiger partial charge on any atom is -0.489 e. The Morgan fingerprint density at radius 2 is 2.36 bits per heavy atom. The molecule has 1 aromatic rings. The van der Waals surface area contributed by atoms with Gasteiger partial charge in [0.15, 0.2) is 0 Å². The number of halogens is 2. The van der Waals surface area contributed by atoms with Gasteiger partial charge >= 0.3 is 0 Å². The molecule has 1 aliphatic rings. The number of ether oxygens (including phenoxy) is 1. The van der Waals surface area contributed by atoms with E-state index in [1.54, 1.807) is 12.1 Å². The highest BCUT2D eigenvalue weighted by atomic mass is 35.5. The van der Waals surface area contributed by atoms with E-state index >= 15 is 0 Å². The Morgan fingerprint density at radius 3 is 3.05 bits per heavy atom. The molecule has 0 bridgehead atoms. The fourth-order valence-electron chi connectivity index (χ4n) is 2.46. The van der Waals surface area contributed by atoms with Crippen LogP contribution in [0.1, 0.15) is 26.2 Å². The SMILES string of the molecule is CC(CNC(=O)CCC1CCNC1)Oc1cccc(Cl)c1.Cl. The van der Waals surface area contributed by atoms with Crippen LogP contribution in [0, 0.1) is 5.92 Å².